The van der Waals surface area contributed by atoms with Crippen molar-refractivity contribution in [3.05, 3.63) is 52.8 Å². The Balaban J connectivity index is 1.92. The number of hydrogen-bond donors (Lipinski definition) is 2. The topological polar surface area (TPSA) is 66.9 Å². The first-order valence-corrected chi connectivity index (χ1v) is 7.51. The van der Waals surface area contributed by atoms with Crippen molar-refractivity contribution in [2.75, 3.05) is 11.9 Å². The minimum absolute atomic E-state index is 0.161. The molecular formula is C16H19ClN4O. The second-order valence-electron chi connectivity index (χ2n) is 5.34. The van der Waals surface area contributed by atoms with Crippen LogP contribution < -0.4 is 10.6 Å². The van der Waals surface area contributed by atoms with E-state index in [1.165, 1.54) is 12.4 Å². The maximum Gasteiger partial charge on any atom is 0.254 e. The summed E-state index contributed by atoms with van der Waals surface area (Å²) in [6.07, 6.45) is 3.02. The Labute approximate surface area is 135 Å². The summed E-state index contributed by atoms with van der Waals surface area (Å²) in [7, 11) is 0. The Morgan fingerprint density at radius 3 is 2.55 bits per heavy atom. The number of halogens is 1. The average molecular weight is 319 g/mol. The number of carbonyl (C=O) groups is 1. The summed E-state index contributed by atoms with van der Waals surface area (Å²) in [5.74, 6) is 0.702. The number of rotatable bonds is 6. The lowest BCUT2D eigenvalue weighted by molar-refractivity contribution is 0.0948. The van der Waals surface area contributed by atoms with E-state index >= 15 is 0 Å². The van der Waals surface area contributed by atoms with Crippen molar-refractivity contribution in [2.45, 2.75) is 20.4 Å². The molecule has 22 heavy (non-hydrogen) atoms. The van der Waals surface area contributed by atoms with Crippen molar-refractivity contribution in [3.63, 3.8) is 0 Å². The maximum absolute atomic E-state index is 11.9. The van der Waals surface area contributed by atoms with Gasteiger partial charge in [0.05, 0.1) is 5.56 Å². The van der Waals surface area contributed by atoms with Crippen molar-refractivity contribution >= 4 is 23.5 Å². The largest absolute Gasteiger partial charge is 0.352 e. The molecule has 1 amide bonds. The molecule has 1 aromatic carbocycles. The van der Waals surface area contributed by atoms with Gasteiger partial charge in [-0.15, -0.1) is 0 Å². The molecular weight excluding hydrogens is 300 g/mol. The van der Waals surface area contributed by atoms with Gasteiger partial charge < -0.3 is 10.6 Å². The molecule has 0 saturated carbocycles. The molecule has 0 aliphatic carbocycles. The van der Waals surface area contributed by atoms with Gasteiger partial charge in [-0.25, -0.2) is 9.97 Å². The van der Waals surface area contributed by atoms with E-state index in [2.05, 4.69) is 20.6 Å². The van der Waals surface area contributed by atoms with E-state index in [-0.39, 0.29) is 5.91 Å². The van der Waals surface area contributed by atoms with E-state index in [4.69, 9.17) is 11.6 Å². The molecule has 6 heteroatoms. The standard InChI is InChI=1S/C16H19ClN4O/c1-11(2)7-18-15(22)13-9-20-16(21-10-13)19-8-12-5-3-4-6-14(12)17/h3-6,9-11H,7-8H2,1-2H3,(H,18,22)(H,19,20,21). The molecule has 0 spiro atoms. The van der Waals surface area contributed by atoms with Crippen LogP contribution in [0.5, 0.6) is 0 Å². The molecule has 116 valence electrons. The number of anilines is 1. The average Bonchev–Trinajstić information content (AvgIpc) is 2.52. The zero-order valence-corrected chi connectivity index (χ0v) is 13.4. The lowest BCUT2D eigenvalue weighted by Gasteiger charge is -2.08. The summed E-state index contributed by atoms with van der Waals surface area (Å²) in [4.78, 5) is 20.1. The van der Waals surface area contributed by atoms with Crippen LogP contribution in [-0.2, 0) is 6.54 Å². The molecule has 0 radical (unpaired) electrons. The van der Waals surface area contributed by atoms with E-state index < -0.39 is 0 Å². The van der Waals surface area contributed by atoms with Crippen LogP contribution in [0.1, 0.15) is 29.8 Å². The van der Waals surface area contributed by atoms with E-state index in [1.807, 2.05) is 38.1 Å². The van der Waals surface area contributed by atoms with Crippen LogP contribution in [0.4, 0.5) is 5.95 Å². The fourth-order valence-electron chi connectivity index (χ4n) is 1.75. The molecule has 0 atom stereocenters. The number of carbonyl (C=O) groups excluding carboxylic acids is 1. The third kappa shape index (κ3) is 4.70. The van der Waals surface area contributed by atoms with Crippen LogP contribution in [0.15, 0.2) is 36.7 Å². The van der Waals surface area contributed by atoms with E-state index in [9.17, 15) is 4.79 Å². The molecule has 1 heterocycles. The zero-order valence-electron chi connectivity index (χ0n) is 12.6. The molecule has 1 aromatic heterocycles. The predicted molar refractivity (Wildman–Crippen MR) is 88.0 cm³/mol. The molecule has 2 rings (SSSR count). The first kappa shape index (κ1) is 16.2. The molecule has 0 saturated heterocycles. The number of nitrogens with zero attached hydrogens (tertiary/aromatic N) is 2. The van der Waals surface area contributed by atoms with Gasteiger partial charge in [0.1, 0.15) is 0 Å². The number of amides is 1. The van der Waals surface area contributed by atoms with Crippen molar-refractivity contribution in [1.29, 1.82) is 0 Å². The van der Waals surface area contributed by atoms with Crippen molar-refractivity contribution in [3.8, 4) is 0 Å². The maximum atomic E-state index is 11.9. The molecule has 2 N–H and O–H groups in total. The van der Waals surface area contributed by atoms with Crippen molar-refractivity contribution in [1.82, 2.24) is 15.3 Å². The number of hydrogen-bond acceptors (Lipinski definition) is 4. The quantitative estimate of drug-likeness (QED) is 0.858. The molecule has 0 aliphatic rings. The highest BCUT2D eigenvalue weighted by Gasteiger charge is 2.07. The minimum atomic E-state index is -0.161. The summed E-state index contributed by atoms with van der Waals surface area (Å²) < 4.78 is 0. The fourth-order valence-corrected chi connectivity index (χ4v) is 1.95. The Bertz CT molecular complexity index is 628. The highest BCUT2D eigenvalue weighted by Crippen LogP contribution is 2.15. The van der Waals surface area contributed by atoms with Gasteiger partial charge in [0.15, 0.2) is 0 Å². The van der Waals surface area contributed by atoms with E-state index in [1.54, 1.807) is 0 Å². The molecule has 0 unspecified atom stereocenters. The summed E-state index contributed by atoms with van der Waals surface area (Å²) in [5, 5.41) is 6.60. The Morgan fingerprint density at radius 1 is 1.23 bits per heavy atom. The van der Waals surface area contributed by atoms with Gasteiger partial charge in [0.25, 0.3) is 5.91 Å². The first-order valence-electron chi connectivity index (χ1n) is 7.14. The highest BCUT2D eigenvalue weighted by atomic mass is 35.5. The summed E-state index contributed by atoms with van der Waals surface area (Å²) in [6.45, 7) is 5.24. The molecule has 0 fully saturated rings. The van der Waals surface area contributed by atoms with Crippen LogP contribution in [0.2, 0.25) is 5.02 Å². The summed E-state index contributed by atoms with van der Waals surface area (Å²) in [5.41, 5.74) is 1.41. The predicted octanol–water partition coefficient (Wildman–Crippen LogP) is 3.13. The first-order chi connectivity index (χ1) is 10.6. The molecule has 0 aliphatic heterocycles. The van der Waals surface area contributed by atoms with E-state index in [0.717, 1.165) is 5.56 Å². The van der Waals surface area contributed by atoms with Gasteiger partial charge in [-0.3, -0.25) is 4.79 Å². The minimum Gasteiger partial charge on any atom is -0.352 e. The third-order valence-electron chi connectivity index (χ3n) is 2.98. The van der Waals surface area contributed by atoms with Crippen molar-refractivity contribution < 1.29 is 4.79 Å². The van der Waals surface area contributed by atoms with Crippen LogP contribution >= 0.6 is 11.6 Å². The van der Waals surface area contributed by atoms with Gasteiger partial charge in [-0.05, 0) is 17.5 Å². The Hall–Kier alpha value is -2.14. The number of nitrogens with one attached hydrogen (secondary N) is 2. The third-order valence-corrected chi connectivity index (χ3v) is 3.35. The van der Waals surface area contributed by atoms with Gasteiger partial charge in [-0.1, -0.05) is 43.6 Å². The number of benzene rings is 1. The van der Waals surface area contributed by atoms with Crippen LogP contribution in [-0.4, -0.2) is 22.4 Å². The lowest BCUT2D eigenvalue weighted by atomic mass is 10.2. The number of aromatic nitrogens is 2. The highest BCUT2D eigenvalue weighted by molar-refractivity contribution is 6.31. The Morgan fingerprint density at radius 2 is 1.91 bits per heavy atom. The van der Waals surface area contributed by atoms with Crippen LogP contribution in [0, 0.1) is 5.92 Å². The second-order valence-corrected chi connectivity index (χ2v) is 5.75. The monoisotopic (exact) mass is 318 g/mol. The SMILES string of the molecule is CC(C)CNC(=O)c1cnc(NCc2ccccc2Cl)nc1. The molecule has 5 nitrogen and oxygen atoms in total. The molecule has 2 aromatic rings. The lowest BCUT2D eigenvalue weighted by Crippen LogP contribution is -2.27. The van der Waals surface area contributed by atoms with Gasteiger partial charge in [-0.2, -0.15) is 0 Å². The normalized spacial score (nSPS) is 10.5. The van der Waals surface area contributed by atoms with Gasteiger partial charge in [0, 0.05) is 30.5 Å². The van der Waals surface area contributed by atoms with Crippen molar-refractivity contribution in [2.24, 2.45) is 5.92 Å². The van der Waals surface area contributed by atoms with Gasteiger partial charge >= 0.3 is 0 Å². The Kier molecular flexibility index (Phi) is 5.72. The fraction of sp³-hybridized carbons (Fsp3) is 0.312. The van der Waals surface area contributed by atoms with E-state index in [0.29, 0.717) is 35.5 Å². The summed E-state index contributed by atoms with van der Waals surface area (Å²) in [6, 6.07) is 7.57. The molecule has 0 bridgehead atoms. The van der Waals surface area contributed by atoms with Crippen LogP contribution in [0.3, 0.4) is 0 Å². The second kappa shape index (κ2) is 7.75. The van der Waals surface area contributed by atoms with Gasteiger partial charge in [0.2, 0.25) is 5.95 Å². The zero-order chi connectivity index (χ0) is 15.9. The summed E-state index contributed by atoms with van der Waals surface area (Å²) >= 11 is 6.08. The van der Waals surface area contributed by atoms with Crippen LogP contribution in [0.25, 0.3) is 0 Å². The smallest absolute Gasteiger partial charge is 0.254 e.